The van der Waals surface area contributed by atoms with Crippen LogP contribution in [0.4, 0.5) is 0 Å². The van der Waals surface area contributed by atoms with E-state index in [1.54, 1.807) is 0 Å². The second-order valence-corrected chi connectivity index (χ2v) is 0.750. The molecule has 0 bridgehead atoms. The summed E-state index contributed by atoms with van der Waals surface area (Å²) < 4.78 is 16.9. The first-order valence-electron chi connectivity index (χ1n) is 0.816. The normalized spacial score (nSPS) is 6.83. The Kier molecular flexibility index (Phi) is 15.5. The monoisotopic (exact) mass is 304 g/mol. The molecule has 0 N–H and O–H groups in total. The molecular formula is HO4PPb. The standard InChI is InChI=1S/H3O3P.O.Pb/c1-4(2)3;;/h4H,(H2,1,2,3);;/q;;+2/p-2. The van der Waals surface area contributed by atoms with E-state index in [1.807, 2.05) is 0 Å². The van der Waals surface area contributed by atoms with Crippen LogP contribution < -0.4 is 9.79 Å². The zero-order valence-electron chi connectivity index (χ0n) is 2.63. The number of hydrogen-bond acceptors (Lipinski definition) is 4. The second kappa shape index (κ2) is 9.30. The van der Waals surface area contributed by atoms with Crippen molar-refractivity contribution >= 4 is 34.0 Å². The van der Waals surface area contributed by atoms with Crippen molar-refractivity contribution < 1.29 is 17.0 Å². The van der Waals surface area contributed by atoms with E-state index in [0.717, 1.165) is 0 Å². The van der Waals surface area contributed by atoms with Crippen molar-refractivity contribution in [1.29, 1.82) is 0 Å². The molecule has 0 heterocycles. The molecule has 0 aromatic carbocycles. The van der Waals surface area contributed by atoms with Crippen LogP contribution in [-0.4, -0.2) is 25.8 Å². The fourth-order valence-corrected chi connectivity index (χ4v) is 0. The molecule has 6 heteroatoms. The van der Waals surface area contributed by atoms with Crippen LogP contribution in [0, 0.1) is 0 Å². The van der Waals surface area contributed by atoms with Crippen LogP contribution in [0.5, 0.6) is 0 Å². The van der Waals surface area contributed by atoms with Gasteiger partial charge in [0, 0.05) is 0 Å². The van der Waals surface area contributed by atoms with Gasteiger partial charge in [0.15, 0.2) is 0 Å². The molecule has 0 fully saturated rings. The van der Waals surface area contributed by atoms with Crippen LogP contribution in [0.25, 0.3) is 0 Å². The van der Waals surface area contributed by atoms with Gasteiger partial charge in [0.2, 0.25) is 0 Å². The molecule has 0 atom stereocenters. The van der Waals surface area contributed by atoms with E-state index in [0.29, 0.717) is 0 Å². The molecule has 0 unspecified atom stereocenters. The van der Waals surface area contributed by atoms with Crippen molar-refractivity contribution in [1.82, 2.24) is 0 Å². The number of rotatable bonds is 0. The average molecular weight is 303 g/mol. The van der Waals surface area contributed by atoms with Crippen molar-refractivity contribution in [3.63, 3.8) is 0 Å². The summed E-state index contributed by atoms with van der Waals surface area (Å²) in [5.41, 5.74) is 0. The van der Waals surface area contributed by atoms with E-state index in [4.69, 9.17) is 17.0 Å². The predicted octanol–water partition coefficient (Wildman–Crippen LogP) is -2.40. The van der Waals surface area contributed by atoms with Crippen molar-refractivity contribution in [3.8, 4) is 0 Å². The van der Waals surface area contributed by atoms with Crippen LogP contribution in [-0.2, 0) is 7.25 Å². The Morgan fingerprint density at radius 3 is 1.33 bits per heavy atom. The van der Waals surface area contributed by atoms with Gasteiger partial charge in [-0.2, -0.15) is 0 Å². The average Bonchev–Trinajstić information content (AvgIpc) is 1.41. The van der Waals surface area contributed by atoms with Gasteiger partial charge in [0.05, 0.1) is 0 Å². The first kappa shape index (κ1) is 9.98. The maximum atomic E-state index is 8.52. The molecule has 0 aliphatic rings. The van der Waals surface area contributed by atoms with Crippen LogP contribution in [0.1, 0.15) is 0 Å². The fraction of sp³-hybridized carbons (Fsp3) is 0. The Bertz CT molecular complexity index is 38.8. The molecule has 0 spiro atoms. The third-order valence-corrected chi connectivity index (χ3v) is 0. The summed E-state index contributed by atoms with van der Waals surface area (Å²) in [5.74, 6) is 0. The Balaban J connectivity index is 0. The van der Waals surface area contributed by atoms with Crippen LogP contribution in [0.2, 0.25) is 0 Å². The maximum absolute atomic E-state index is 8.52. The van der Waals surface area contributed by atoms with E-state index in [-0.39, 0.29) is 25.8 Å². The van der Waals surface area contributed by atoms with Crippen LogP contribution in [0.15, 0.2) is 0 Å². The Hall–Kier alpha value is 0.872. The number of hydrogen-bond donors (Lipinski definition) is 0. The molecule has 0 aromatic rings. The third-order valence-electron chi connectivity index (χ3n) is 0. The van der Waals surface area contributed by atoms with Gasteiger partial charge in [-0.25, -0.2) is 0 Å². The third kappa shape index (κ3) is 96.0. The van der Waals surface area contributed by atoms with E-state index in [1.165, 1.54) is 0 Å². The van der Waals surface area contributed by atoms with Crippen molar-refractivity contribution in [3.05, 3.63) is 0 Å². The Morgan fingerprint density at radius 2 is 1.33 bits per heavy atom. The van der Waals surface area contributed by atoms with Crippen LogP contribution in [0.3, 0.4) is 0 Å². The minimum atomic E-state index is -3.63. The van der Waals surface area contributed by atoms with E-state index in [9.17, 15) is 0 Å². The first-order chi connectivity index (χ1) is 2.73. The quantitative estimate of drug-likeness (QED) is 0.369. The summed E-state index contributed by atoms with van der Waals surface area (Å²) in [4.78, 5) is 17.0. The van der Waals surface area contributed by atoms with Gasteiger partial charge < -0.3 is 14.4 Å². The van der Waals surface area contributed by atoms with Gasteiger partial charge in [0.25, 0.3) is 0 Å². The topological polar surface area (TPSA) is 80.3 Å². The Labute approximate surface area is 51.3 Å². The molecule has 0 rings (SSSR count). The molecule has 0 radical (unpaired) electrons. The molecule has 34 valence electrons. The van der Waals surface area contributed by atoms with Gasteiger partial charge in [-0.1, -0.05) is 8.25 Å². The molecule has 4 nitrogen and oxygen atoms in total. The van der Waals surface area contributed by atoms with E-state index in [2.05, 4.69) is 0 Å². The first-order valence-corrected chi connectivity index (χ1v) is 3.63. The fourth-order valence-electron chi connectivity index (χ4n) is 0. The van der Waals surface area contributed by atoms with E-state index < -0.39 is 8.25 Å². The minimum absolute atomic E-state index is 0.0556. The molecule has 0 saturated carbocycles. The summed E-state index contributed by atoms with van der Waals surface area (Å²) in [7, 11) is -3.63. The zero-order chi connectivity index (χ0) is 5.58. The summed E-state index contributed by atoms with van der Waals surface area (Å²) in [6.07, 6.45) is 0. The van der Waals surface area contributed by atoms with Gasteiger partial charge >= 0.3 is 28.5 Å². The molecule has 0 saturated heterocycles. The van der Waals surface area contributed by atoms with Crippen molar-refractivity contribution in [2.75, 3.05) is 0 Å². The van der Waals surface area contributed by atoms with Crippen LogP contribution >= 0.6 is 8.25 Å². The van der Waals surface area contributed by atoms with Gasteiger partial charge in [-0.3, -0.25) is 0 Å². The van der Waals surface area contributed by atoms with Crippen molar-refractivity contribution in [2.45, 2.75) is 0 Å². The molecular weight excluding hydrogens is 302 g/mol. The summed E-state index contributed by atoms with van der Waals surface area (Å²) in [6, 6.07) is 0. The SMILES string of the molecule is O=[PH]([O-])[O-].[O]=[Pb+2]. The molecule has 0 aliphatic carbocycles. The van der Waals surface area contributed by atoms with Gasteiger partial charge in [0.1, 0.15) is 0 Å². The van der Waals surface area contributed by atoms with E-state index >= 15 is 0 Å². The molecule has 0 aromatic heterocycles. The van der Waals surface area contributed by atoms with Crippen molar-refractivity contribution in [2.24, 2.45) is 0 Å². The molecule has 6 heavy (non-hydrogen) atoms. The summed E-state index contributed by atoms with van der Waals surface area (Å²) in [6.45, 7) is 0. The van der Waals surface area contributed by atoms with Gasteiger partial charge in [-0.05, 0) is 0 Å². The molecule has 0 aliphatic heterocycles. The second-order valence-electron chi connectivity index (χ2n) is 0.250. The summed E-state index contributed by atoms with van der Waals surface area (Å²) in [5, 5.41) is 0. The Morgan fingerprint density at radius 1 is 1.33 bits per heavy atom. The van der Waals surface area contributed by atoms with Gasteiger partial charge in [-0.15, -0.1) is 0 Å². The zero-order valence-corrected chi connectivity index (χ0v) is 7.52. The summed E-state index contributed by atoms with van der Waals surface area (Å²) >= 11 is 0.0556. The molecule has 0 amide bonds. The predicted molar refractivity (Wildman–Crippen MR) is 15.4 cm³/mol.